The van der Waals surface area contributed by atoms with Crippen LogP contribution in [0.25, 0.3) is 5.65 Å². The van der Waals surface area contributed by atoms with Gasteiger partial charge in [0.05, 0.1) is 18.4 Å². The monoisotopic (exact) mass is 497 g/mol. The molecule has 1 saturated heterocycles. The van der Waals surface area contributed by atoms with Gasteiger partial charge in [-0.05, 0) is 45.4 Å². The highest BCUT2D eigenvalue weighted by molar-refractivity contribution is 5.78. The highest BCUT2D eigenvalue weighted by atomic mass is 16.2. The number of aromatic nitrogens is 5. The molecule has 0 radical (unpaired) electrons. The second kappa shape index (κ2) is 11.1. The Kier molecular flexibility index (Phi) is 6.70. The van der Waals surface area contributed by atoms with E-state index in [1.807, 2.05) is 43.9 Å². The number of nitrogens with zero attached hydrogens (tertiary/aromatic N) is 8. The van der Waals surface area contributed by atoms with E-state index in [1.54, 1.807) is 10.7 Å². The number of pyridine rings is 1. The molecule has 0 saturated carbocycles. The topological polar surface area (TPSA) is 121 Å². The molecule has 1 atom stereocenters. The number of nitrogens with one attached hydrogen (secondary N) is 1. The molecular formula is C25H38N10O. The van der Waals surface area contributed by atoms with E-state index in [0.717, 1.165) is 35.7 Å². The molecule has 1 amide bonds. The summed E-state index contributed by atoms with van der Waals surface area (Å²) in [7, 11) is 3.80. The minimum absolute atomic E-state index is 0.148. The van der Waals surface area contributed by atoms with Crippen LogP contribution in [0.3, 0.4) is 0 Å². The molecule has 0 spiro atoms. The fourth-order valence-electron chi connectivity index (χ4n) is 4.45. The van der Waals surface area contributed by atoms with E-state index in [4.69, 9.17) is 14.8 Å². The lowest BCUT2D eigenvalue weighted by atomic mass is 10.1. The normalized spacial score (nSPS) is 16.6. The molecule has 1 fully saturated rings. The van der Waals surface area contributed by atoms with Crippen molar-refractivity contribution >= 4 is 29.1 Å². The number of carbonyl (C=O) groups excluding carboxylic acids is 1. The Balaban J connectivity index is 1.48. The SMILES string of the molecule is [2H]C([2H])([2H])C(CCC)Nc1nc(N)c2ncc(Cc3cnc(N4CCN(C(=O)CN(C)C)CC4)c(C)c3)n2n1. The predicted octanol–water partition coefficient (Wildman–Crippen LogP) is 1.81. The van der Waals surface area contributed by atoms with E-state index in [0.29, 0.717) is 44.5 Å². The van der Waals surface area contributed by atoms with Crippen LogP contribution in [0.2, 0.25) is 0 Å². The maximum absolute atomic E-state index is 12.4. The minimum Gasteiger partial charge on any atom is -0.380 e. The highest BCUT2D eigenvalue weighted by Gasteiger charge is 2.23. The Hall–Kier alpha value is -3.47. The van der Waals surface area contributed by atoms with Gasteiger partial charge in [-0.15, -0.1) is 5.10 Å². The zero-order chi connectivity index (χ0) is 28.3. The Morgan fingerprint density at radius 3 is 2.69 bits per heavy atom. The van der Waals surface area contributed by atoms with Crippen LogP contribution < -0.4 is 16.0 Å². The van der Waals surface area contributed by atoms with Gasteiger partial charge in [0, 0.05) is 49.0 Å². The lowest BCUT2D eigenvalue weighted by molar-refractivity contribution is -0.132. The average molecular weight is 498 g/mol. The summed E-state index contributed by atoms with van der Waals surface area (Å²) in [5.41, 5.74) is 9.37. The molecule has 3 aromatic heterocycles. The van der Waals surface area contributed by atoms with Crippen LogP contribution in [0, 0.1) is 6.92 Å². The number of hydrogen-bond donors (Lipinski definition) is 2. The molecule has 11 heteroatoms. The number of nitrogen functional groups attached to an aromatic ring is 1. The first-order valence-electron chi connectivity index (χ1n) is 13.9. The fraction of sp³-hybridized carbons (Fsp3) is 0.560. The molecule has 4 rings (SSSR count). The molecule has 3 aromatic rings. The second-order valence-corrected chi connectivity index (χ2v) is 9.56. The van der Waals surface area contributed by atoms with Crippen LogP contribution in [-0.4, -0.2) is 93.1 Å². The van der Waals surface area contributed by atoms with Crippen molar-refractivity contribution < 1.29 is 8.91 Å². The van der Waals surface area contributed by atoms with E-state index >= 15 is 0 Å². The van der Waals surface area contributed by atoms with Crippen LogP contribution in [0.15, 0.2) is 18.5 Å². The summed E-state index contributed by atoms with van der Waals surface area (Å²) in [6.45, 7) is 5.02. The molecule has 1 unspecified atom stereocenters. The minimum atomic E-state index is -2.19. The van der Waals surface area contributed by atoms with Gasteiger partial charge in [-0.1, -0.05) is 19.4 Å². The number of imidazole rings is 1. The van der Waals surface area contributed by atoms with E-state index in [9.17, 15) is 4.79 Å². The smallest absolute Gasteiger partial charge is 0.243 e. The maximum Gasteiger partial charge on any atom is 0.243 e. The number of fused-ring (bicyclic) bond motifs is 1. The third-order valence-electron chi connectivity index (χ3n) is 6.22. The summed E-state index contributed by atoms with van der Waals surface area (Å²) in [4.78, 5) is 31.8. The van der Waals surface area contributed by atoms with E-state index in [1.165, 1.54) is 0 Å². The molecule has 194 valence electrons. The third-order valence-corrected chi connectivity index (χ3v) is 6.22. The third kappa shape index (κ3) is 5.84. The van der Waals surface area contributed by atoms with Gasteiger partial charge >= 0.3 is 0 Å². The van der Waals surface area contributed by atoms with Gasteiger partial charge in [0.2, 0.25) is 11.9 Å². The van der Waals surface area contributed by atoms with E-state index in [2.05, 4.69) is 31.3 Å². The largest absolute Gasteiger partial charge is 0.380 e. The number of piperazine rings is 1. The molecule has 1 aliphatic heterocycles. The van der Waals surface area contributed by atoms with Crippen molar-refractivity contribution in [2.24, 2.45) is 0 Å². The Labute approximate surface area is 216 Å². The van der Waals surface area contributed by atoms with Crippen LogP contribution in [0.1, 0.15) is 47.6 Å². The molecule has 4 heterocycles. The van der Waals surface area contributed by atoms with E-state index < -0.39 is 12.9 Å². The summed E-state index contributed by atoms with van der Waals surface area (Å²) < 4.78 is 25.1. The summed E-state index contributed by atoms with van der Waals surface area (Å²) in [6.07, 6.45) is 5.21. The molecular weight excluding hydrogens is 456 g/mol. The number of likely N-dealkylation sites (N-methyl/N-ethyl adjacent to an activating group) is 1. The van der Waals surface area contributed by atoms with Crippen LogP contribution in [0.4, 0.5) is 17.6 Å². The van der Waals surface area contributed by atoms with Crippen molar-refractivity contribution in [2.45, 2.75) is 46.0 Å². The Morgan fingerprint density at radius 2 is 2.03 bits per heavy atom. The first-order valence-corrected chi connectivity index (χ1v) is 12.4. The molecule has 1 aliphatic rings. The first kappa shape index (κ1) is 21.8. The van der Waals surface area contributed by atoms with Crippen molar-refractivity contribution in [3.8, 4) is 0 Å². The quantitative estimate of drug-likeness (QED) is 0.456. The number of rotatable bonds is 9. The van der Waals surface area contributed by atoms with Gasteiger partial charge in [-0.25, -0.2) is 14.5 Å². The summed E-state index contributed by atoms with van der Waals surface area (Å²) in [6, 6.07) is 1.32. The van der Waals surface area contributed by atoms with Crippen LogP contribution in [-0.2, 0) is 11.2 Å². The number of hydrogen-bond acceptors (Lipinski definition) is 9. The maximum atomic E-state index is 12.4. The molecule has 3 N–H and O–H groups in total. The lowest BCUT2D eigenvalue weighted by Gasteiger charge is -2.36. The van der Waals surface area contributed by atoms with Crippen molar-refractivity contribution in [2.75, 3.05) is 62.8 Å². The molecule has 0 aliphatic carbocycles. The van der Waals surface area contributed by atoms with Gasteiger partial charge < -0.3 is 25.8 Å². The number of anilines is 3. The molecule has 11 nitrogen and oxygen atoms in total. The van der Waals surface area contributed by atoms with Crippen molar-refractivity contribution in [1.82, 2.24) is 34.4 Å². The van der Waals surface area contributed by atoms with Crippen LogP contribution in [0.5, 0.6) is 0 Å². The molecule has 0 aromatic carbocycles. The number of amides is 1. The molecule has 36 heavy (non-hydrogen) atoms. The lowest BCUT2D eigenvalue weighted by Crippen LogP contribution is -2.51. The summed E-state index contributed by atoms with van der Waals surface area (Å²) in [5.74, 6) is 1.39. The van der Waals surface area contributed by atoms with Gasteiger partial charge in [-0.3, -0.25) is 4.79 Å². The van der Waals surface area contributed by atoms with Crippen molar-refractivity contribution in [3.05, 3.63) is 35.3 Å². The first-order chi connectivity index (χ1) is 18.5. The number of carbonyl (C=O) groups is 1. The second-order valence-electron chi connectivity index (χ2n) is 9.56. The van der Waals surface area contributed by atoms with Crippen LogP contribution >= 0.6 is 0 Å². The Bertz CT molecular complexity index is 1300. The van der Waals surface area contributed by atoms with Gasteiger partial charge in [0.25, 0.3) is 0 Å². The average Bonchev–Trinajstić information content (AvgIpc) is 3.26. The number of nitrogens with two attached hydrogens (primary N) is 1. The summed E-state index contributed by atoms with van der Waals surface area (Å²) >= 11 is 0. The zero-order valence-corrected chi connectivity index (χ0v) is 21.5. The highest BCUT2D eigenvalue weighted by Crippen LogP contribution is 2.22. The summed E-state index contributed by atoms with van der Waals surface area (Å²) in [5, 5.41) is 7.47. The van der Waals surface area contributed by atoms with Crippen molar-refractivity contribution in [3.63, 3.8) is 0 Å². The predicted molar refractivity (Wildman–Crippen MR) is 142 cm³/mol. The van der Waals surface area contributed by atoms with Gasteiger partial charge in [0.15, 0.2) is 11.5 Å². The molecule has 0 bridgehead atoms. The fourth-order valence-corrected chi connectivity index (χ4v) is 4.45. The zero-order valence-electron chi connectivity index (χ0n) is 24.5. The van der Waals surface area contributed by atoms with Gasteiger partial charge in [0.1, 0.15) is 5.82 Å². The number of aryl methyl sites for hydroxylation is 1. The van der Waals surface area contributed by atoms with Crippen molar-refractivity contribution in [1.29, 1.82) is 0 Å². The Morgan fingerprint density at radius 1 is 1.25 bits per heavy atom. The van der Waals surface area contributed by atoms with Gasteiger partial charge in [-0.2, -0.15) is 4.98 Å². The standard InChI is InChI=1S/C25H38N10O/c1-6-7-18(3)29-25-30-22(26)24-28-15-20(35(24)31-25)13-19-12-17(2)23(27-14-19)34-10-8-33(9-11-34)21(36)16-32(4)5/h12,14-15,18H,6-11,13,16H2,1-5H3,(H3,26,29,30,31)/i3D3. The van der Waals surface area contributed by atoms with E-state index in [-0.39, 0.29) is 17.7 Å².